The van der Waals surface area contributed by atoms with Crippen molar-refractivity contribution in [1.29, 1.82) is 0 Å². The van der Waals surface area contributed by atoms with Gasteiger partial charge in [0.25, 0.3) is 0 Å². The van der Waals surface area contributed by atoms with Crippen molar-refractivity contribution in [1.82, 2.24) is 0 Å². The van der Waals surface area contributed by atoms with Crippen LogP contribution >= 0.6 is 0 Å². The molecule has 0 heterocycles. The molecule has 0 fully saturated rings. The summed E-state index contributed by atoms with van der Waals surface area (Å²) in [5, 5.41) is 0. The molecule has 0 aromatic rings. The maximum absolute atomic E-state index is 5.22. The van der Waals surface area contributed by atoms with Gasteiger partial charge in [0.1, 0.15) is 0 Å². The van der Waals surface area contributed by atoms with Crippen LogP contribution in [0.4, 0.5) is 0 Å². The topological polar surface area (TPSA) is 9.23 Å². The van der Waals surface area contributed by atoms with Crippen LogP contribution in [0.1, 0.15) is 33.6 Å². The van der Waals surface area contributed by atoms with Crippen molar-refractivity contribution in [2.45, 2.75) is 39.7 Å². The van der Waals surface area contributed by atoms with Crippen molar-refractivity contribution < 1.29 is 4.74 Å². The van der Waals surface area contributed by atoms with Crippen molar-refractivity contribution in [3.8, 4) is 0 Å². The Kier molecular flexibility index (Phi) is 5.08. The van der Waals surface area contributed by atoms with Gasteiger partial charge in [0.15, 0.2) is 0 Å². The van der Waals surface area contributed by atoms with Gasteiger partial charge in [-0.2, -0.15) is 0 Å². The van der Waals surface area contributed by atoms with E-state index in [1.165, 1.54) is 0 Å². The molecule has 0 amide bonds. The molecular formula is C7H15O. The van der Waals surface area contributed by atoms with Crippen LogP contribution in [0.25, 0.3) is 0 Å². The fraction of sp³-hybridized carbons (Fsp3) is 0.857. The second-order valence-corrected chi connectivity index (χ2v) is 1.93. The largest absolute Gasteiger partial charge is 0.373 e. The summed E-state index contributed by atoms with van der Waals surface area (Å²) in [5.74, 6) is 0. The molecule has 0 saturated carbocycles. The van der Waals surface area contributed by atoms with Crippen molar-refractivity contribution in [2.24, 2.45) is 0 Å². The predicted molar refractivity (Wildman–Crippen MR) is 35.4 cm³/mol. The van der Waals surface area contributed by atoms with Crippen LogP contribution in [0.15, 0.2) is 0 Å². The fourth-order valence-electron chi connectivity index (χ4n) is 0.357. The summed E-state index contributed by atoms with van der Waals surface area (Å²) in [6.45, 7) is 8.12. The third-order valence-electron chi connectivity index (χ3n) is 1.07. The maximum Gasteiger partial charge on any atom is 0.0837 e. The van der Waals surface area contributed by atoms with Gasteiger partial charge in [-0.05, 0) is 19.8 Å². The minimum Gasteiger partial charge on any atom is -0.373 e. The average Bonchev–Trinajstić information content (AvgIpc) is 1.83. The quantitative estimate of drug-likeness (QED) is 0.546. The number of hydrogen-bond acceptors (Lipinski definition) is 1. The molecule has 0 saturated heterocycles. The zero-order chi connectivity index (χ0) is 6.41. The van der Waals surface area contributed by atoms with E-state index >= 15 is 0 Å². The Morgan fingerprint density at radius 1 is 1.50 bits per heavy atom. The van der Waals surface area contributed by atoms with Crippen LogP contribution in [0.2, 0.25) is 0 Å². The zero-order valence-corrected chi connectivity index (χ0v) is 5.98. The minimum absolute atomic E-state index is 0.398. The lowest BCUT2D eigenvalue weighted by atomic mass is 10.3. The number of rotatable bonds is 4. The molecule has 1 radical (unpaired) electrons. The van der Waals surface area contributed by atoms with E-state index in [2.05, 4.69) is 20.8 Å². The van der Waals surface area contributed by atoms with Crippen LogP contribution in [-0.4, -0.2) is 6.10 Å². The van der Waals surface area contributed by atoms with Gasteiger partial charge in [-0.25, -0.2) is 0 Å². The third kappa shape index (κ3) is 4.13. The summed E-state index contributed by atoms with van der Waals surface area (Å²) in [4.78, 5) is 0. The van der Waals surface area contributed by atoms with Gasteiger partial charge < -0.3 is 4.74 Å². The first-order valence-electron chi connectivity index (χ1n) is 3.28. The van der Waals surface area contributed by atoms with E-state index in [0.717, 1.165) is 12.8 Å². The summed E-state index contributed by atoms with van der Waals surface area (Å²) in [6, 6.07) is 0. The highest BCUT2D eigenvalue weighted by Gasteiger charge is 1.94. The molecule has 8 heavy (non-hydrogen) atoms. The first-order chi connectivity index (χ1) is 3.81. The summed E-state index contributed by atoms with van der Waals surface area (Å²) in [5.41, 5.74) is 0. The molecule has 0 N–H and O–H groups in total. The van der Waals surface area contributed by atoms with Gasteiger partial charge in [-0.15, -0.1) is 0 Å². The van der Waals surface area contributed by atoms with E-state index in [-0.39, 0.29) is 0 Å². The van der Waals surface area contributed by atoms with Gasteiger partial charge in [-0.3, -0.25) is 0 Å². The molecule has 1 nitrogen and oxygen atoms in total. The van der Waals surface area contributed by atoms with Crippen molar-refractivity contribution >= 4 is 0 Å². The van der Waals surface area contributed by atoms with Crippen LogP contribution in [-0.2, 0) is 4.74 Å². The molecule has 0 aromatic carbocycles. The Morgan fingerprint density at radius 2 is 2.12 bits per heavy atom. The minimum atomic E-state index is 0.398. The Balaban J connectivity index is 2.86. The SMILES string of the molecule is CC[CH]OC(C)CC. The molecule has 0 aliphatic heterocycles. The van der Waals surface area contributed by atoms with E-state index in [0.29, 0.717) is 6.10 Å². The van der Waals surface area contributed by atoms with E-state index < -0.39 is 0 Å². The molecule has 0 rings (SSSR count). The van der Waals surface area contributed by atoms with Gasteiger partial charge in [0.05, 0.1) is 12.7 Å². The van der Waals surface area contributed by atoms with Crippen LogP contribution < -0.4 is 0 Å². The van der Waals surface area contributed by atoms with Crippen LogP contribution in [0.3, 0.4) is 0 Å². The predicted octanol–water partition coefficient (Wildman–Crippen LogP) is 2.37. The molecule has 1 unspecified atom stereocenters. The average molecular weight is 115 g/mol. The lowest BCUT2D eigenvalue weighted by Gasteiger charge is -2.06. The van der Waals surface area contributed by atoms with Crippen LogP contribution in [0, 0.1) is 6.61 Å². The summed E-state index contributed by atoms with van der Waals surface area (Å²) in [7, 11) is 0. The molecule has 1 heteroatoms. The van der Waals surface area contributed by atoms with E-state index in [9.17, 15) is 0 Å². The molecule has 0 aliphatic rings. The van der Waals surface area contributed by atoms with E-state index in [4.69, 9.17) is 4.74 Å². The highest BCUT2D eigenvalue weighted by Crippen LogP contribution is 1.98. The second-order valence-electron chi connectivity index (χ2n) is 1.93. The standard InChI is InChI=1S/C7H15O/c1-4-6-8-7(3)5-2/h6-7H,4-5H2,1-3H3. The number of hydrogen-bond donors (Lipinski definition) is 0. The third-order valence-corrected chi connectivity index (χ3v) is 1.07. The van der Waals surface area contributed by atoms with E-state index in [1.54, 1.807) is 0 Å². The molecule has 49 valence electrons. The van der Waals surface area contributed by atoms with Crippen molar-refractivity contribution in [3.05, 3.63) is 6.61 Å². The number of ether oxygens (including phenoxy) is 1. The molecule has 0 bridgehead atoms. The highest BCUT2D eigenvalue weighted by molar-refractivity contribution is 4.50. The monoisotopic (exact) mass is 115 g/mol. The molecule has 1 atom stereocenters. The Bertz CT molecular complexity index is 43.7. The first-order valence-corrected chi connectivity index (χ1v) is 3.28. The summed E-state index contributed by atoms with van der Waals surface area (Å²) < 4.78 is 5.22. The lowest BCUT2D eigenvalue weighted by Crippen LogP contribution is -2.02. The Morgan fingerprint density at radius 3 is 2.50 bits per heavy atom. The van der Waals surface area contributed by atoms with Gasteiger partial charge >= 0.3 is 0 Å². The molecule has 0 aliphatic carbocycles. The van der Waals surface area contributed by atoms with Gasteiger partial charge in [0.2, 0.25) is 0 Å². The fourth-order valence-corrected chi connectivity index (χ4v) is 0.357. The second kappa shape index (κ2) is 5.10. The Hall–Kier alpha value is -0.0400. The van der Waals surface area contributed by atoms with Crippen LogP contribution in [0.5, 0.6) is 0 Å². The van der Waals surface area contributed by atoms with Gasteiger partial charge in [0, 0.05) is 0 Å². The van der Waals surface area contributed by atoms with Crippen molar-refractivity contribution in [3.63, 3.8) is 0 Å². The van der Waals surface area contributed by atoms with Crippen molar-refractivity contribution in [2.75, 3.05) is 0 Å². The molecule has 0 spiro atoms. The highest BCUT2D eigenvalue weighted by atomic mass is 16.5. The normalized spacial score (nSPS) is 13.9. The first kappa shape index (κ1) is 7.96. The molecular weight excluding hydrogens is 100 g/mol. The van der Waals surface area contributed by atoms with Gasteiger partial charge in [-0.1, -0.05) is 13.8 Å². The Labute approximate surface area is 52.0 Å². The van der Waals surface area contributed by atoms with E-state index in [1.807, 2.05) is 6.61 Å². The zero-order valence-electron chi connectivity index (χ0n) is 5.98. The lowest BCUT2D eigenvalue weighted by molar-refractivity contribution is 0.114. The molecule has 0 aromatic heterocycles. The smallest absolute Gasteiger partial charge is 0.0837 e. The summed E-state index contributed by atoms with van der Waals surface area (Å²) in [6.07, 6.45) is 2.50. The maximum atomic E-state index is 5.22. The summed E-state index contributed by atoms with van der Waals surface area (Å²) >= 11 is 0.